The van der Waals surface area contributed by atoms with Gasteiger partial charge in [-0.3, -0.25) is 4.68 Å². The third kappa shape index (κ3) is 2.21. The van der Waals surface area contributed by atoms with Gasteiger partial charge in [-0.15, -0.1) is 0 Å². The van der Waals surface area contributed by atoms with E-state index in [1.165, 1.54) is 18.9 Å². The Bertz CT molecular complexity index is 612. The molecule has 2 aromatic rings. The number of rotatable bonds is 3. The van der Waals surface area contributed by atoms with Crippen LogP contribution in [0.5, 0.6) is 0 Å². The number of aryl methyl sites for hydroxylation is 1. The molecule has 100 valence electrons. The smallest absolute Gasteiger partial charge is 0.132 e. The van der Waals surface area contributed by atoms with Crippen LogP contribution in [-0.2, 0) is 13.5 Å². The fourth-order valence-corrected chi connectivity index (χ4v) is 2.60. The summed E-state index contributed by atoms with van der Waals surface area (Å²) in [4.78, 5) is 0. The van der Waals surface area contributed by atoms with Crippen molar-refractivity contribution in [1.82, 2.24) is 9.78 Å². The Morgan fingerprint density at radius 2 is 2.16 bits per heavy atom. The van der Waals surface area contributed by atoms with Gasteiger partial charge < -0.3 is 5.73 Å². The zero-order chi connectivity index (χ0) is 13.6. The molecule has 0 saturated heterocycles. The van der Waals surface area contributed by atoms with Crippen molar-refractivity contribution in [2.45, 2.75) is 19.3 Å². The quantitative estimate of drug-likeness (QED) is 0.936. The minimum absolute atomic E-state index is 0.357. The molecule has 0 unspecified atom stereocenters. The van der Waals surface area contributed by atoms with E-state index >= 15 is 0 Å². The average Bonchev–Trinajstić information content (AvgIpc) is 3.11. The first-order valence-corrected chi connectivity index (χ1v) is 6.71. The van der Waals surface area contributed by atoms with Crippen LogP contribution in [0.1, 0.15) is 18.5 Å². The molecule has 0 atom stereocenters. The Morgan fingerprint density at radius 1 is 1.42 bits per heavy atom. The molecule has 0 radical (unpaired) electrons. The van der Waals surface area contributed by atoms with Gasteiger partial charge in [-0.2, -0.15) is 5.10 Å². The summed E-state index contributed by atoms with van der Waals surface area (Å²) in [7, 11) is 1.77. The molecule has 1 aromatic carbocycles. The molecule has 19 heavy (non-hydrogen) atoms. The number of hydrogen-bond donors (Lipinski definition) is 1. The molecule has 1 heterocycles. The van der Waals surface area contributed by atoms with Gasteiger partial charge in [0.15, 0.2) is 0 Å². The van der Waals surface area contributed by atoms with E-state index < -0.39 is 0 Å². The fourth-order valence-electron chi connectivity index (χ4n) is 2.34. The topological polar surface area (TPSA) is 43.8 Å². The van der Waals surface area contributed by atoms with Crippen LogP contribution in [0, 0.1) is 11.7 Å². The molecule has 1 aliphatic rings. The normalized spacial score (nSPS) is 14.9. The maximum absolute atomic E-state index is 14.1. The lowest BCUT2D eigenvalue weighted by atomic mass is 10.0. The molecule has 3 nitrogen and oxygen atoms in total. The van der Waals surface area contributed by atoms with E-state index in [1.807, 2.05) is 0 Å². The SMILES string of the molecule is Cn1nc(CC2CC2)c(-c2c(F)cccc2Cl)c1N. The number of benzene rings is 1. The number of nitrogen functional groups attached to an aromatic ring is 1. The molecular weight excluding hydrogens is 265 g/mol. The first-order chi connectivity index (χ1) is 9.08. The van der Waals surface area contributed by atoms with Crippen LogP contribution in [0.2, 0.25) is 5.02 Å². The summed E-state index contributed by atoms with van der Waals surface area (Å²) in [6, 6.07) is 4.66. The number of aromatic nitrogens is 2. The third-order valence-corrected chi connectivity index (χ3v) is 3.87. The van der Waals surface area contributed by atoms with Gasteiger partial charge in [-0.25, -0.2) is 4.39 Å². The highest BCUT2D eigenvalue weighted by Crippen LogP contribution is 2.40. The highest BCUT2D eigenvalue weighted by molar-refractivity contribution is 6.33. The van der Waals surface area contributed by atoms with Crippen LogP contribution in [-0.4, -0.2) is 9.78 Å². The predicted octanol–water partition coefficient (Wildman–Crippen LogP) is 3.41. The lowest BCUT2D eigenvalue weighted by molar-refractivity contribution is 0.631. The number of hydrogen-bond acceptors (Lipinski definition) is 2. The van der Waals surface area contributed by atoms with Crippen molar-refractivity contribution in [2.24, 2.45) is 13.0 Å². The fraction of sp³-hybridized carbons (Fsp3) is 0.357. The van der Waals surface area contributed by atoms with Crippen molar-refractivity contribution in [1.29, 1.82) is 0 Å². The second-order valence-corrected chi connectivity index (χ2v) is 5.48. The lowest BCUT2D eigenvalue weighted by Crippen LogP contribution is -1.98. The summed E-state index contributed by atoms with van der Waals surface area (Å²) >= 11 is 6.14. The Hall–Kier alpha value is -1.55. The highest BCUT2D eigenvalue weighted by atomic mass is 35.5. The second-order valence-electron chi connectivity index (χ2n) is 5.07. The summed E-state index contributed by atoms with van der Waals surface area (Å²) in [5.41, 5.74) is 7.90. The van der Waals surface area contributed by atoms with Crippen molar-refractivity contribution in [3.8, 4) is 11.1 Å². The molecule has 1 aliphatic carbocycles. The van der Waals surface area contributed by atoms with Crippen LogP contribution >= 0.6 is 11.6 Å². The van der Waals surface area contributed by atoms with Crippen LogP contribution in [0.25, 0.3) is 11.1 Å². The van der Waals surface area contributed by atoms with E-state index in [4.69, 9.17) is 17.3 Å². The van der Waals surface area contributed by atoms with Gasteiger partial charge in [0.1, 0.15) is 11.6 Å². The summed E-state index contributed by atoms with van der Waals surface area (Å²) in [6.07, 6.45) is 3.26. The van der Waals surface area contributed by atoms with Gasteiger partial charge in [0.05, 0.1) is 16.3 Å². The molecule has 1 saturated carbocycles. The first-order valence-electron chi connectivity index (χ1n) is 6.33. The van der Waals surface area contributed by atoms with Crippen molar-refractivity contribution < 1.29 is 4.39 Å². The van der Waals surface area contributed by atoms with Gasteiger partial charge in [-0.05, 0) is 37.3 Å². The summed E-state index contributed by atoms with van der Waals surface area (Å²) < 4.78 is 15.7. The van der Waals surface area contributed by atoms with Gasteiger partial charge in [0.25, 0.3) is 0 Å². The molecule has 0 spiro atoms. The largest absolute Gasteiger partial charge is 0.383 e. The second kappa shape index (κ2) is 4.53. The molecule has 1 fully saturated rings. The molecular formula is C14H15ClFN3. The van der Waals surface area contributed by atoms with Crippen LogP contribution < -0.4 is 5.73 Å². The van der Waals surface area contributed by atoms with Gasteiger partial charge >= 0.3 is 0 Å². The maximum atomic E-state index is 14.1. The van der Waals surface area contributed by atoms with Crippen molar-refractivity contribution in [3.05, 3.63) is 34.7 Å². The van der Waals surface area contributed by atoms with E-state index in [1.54, 1.807) is 23.9 Å². The monoisotopic (exact) mass is 279 g/mol. The first kappa shape index (κ1) is 12.5. The Balaban J connectivity index is 2.17. The van der Waals surface area contributed by atoms with Gasteiger partial charge in [0, 0.05) is 12.6 Å². The van der Waals surface area contributed by atoms with Crippen molar-refractivity contribution in [3.63, 3.8) is 0 Å². The lowest BCUT2D eigenvalue weighted by Gasteiger charge is -2.07. The standard InChI is InChI=1S/C14H15ClFN3/c1-19-14(17)13(11(18-19)7-8-5-6-8)12-9(15)3-2-4-10(12)16/h2-4,8H,5-7,17H2,1H3. The summed E-state index contributed by atoms with van der Waals surface area (Å²) in [5, 5.41) is 4.79. The van der Waals surface area contributed by atoms with Crippen molar-refractivity contribution >= 4 is 17.4 Å². The van der Waals surface area contributed by atoms with E-state index in [2.05, 4.69) is 5.10 Å². The molecule has 5 heteroatoms. The highest BCUT2D eigenvalue weighted by Gasteiger charge is 2.27. The van der Waals surface area contributed by atoms with E-state index in [0.717, 1.165) is 12.1 Å². The molecule has 3 rings (SSSR count). The molecule has 1 aromatic heterocycles. The van der Waals surface area contributed by atoms with Gasteiger partial charge in [0.2, 0.25) is 0 Å². The zero-order valence-corrected chi connectivity index (χ0v) is 11.4. The Labute approximate surface area is 116 Å². The number of halogens is 2. The van der Waals surface area contributed by atoms with Crippen molar-refractivity contribution in [2.75, 3.05) is 5.73 Å². The summed E-state index contributed by atoms with van der Waals surface area (Å²) in [5.74, 6) is 0.755. The van der Waals surface area contributed by atoms with E-state index in [0.29, 0.717) is 27.9 Å². The van der Waals surface area contributed by atoms with E-state index in [9.17, 15) is 4.39 Å². The number of nitrogens with zero attached hydrogens (tertiary/aromatic N) is 2. The number of nitrogens with two attached hydrogens (primary N) is 1. The molecule has 2 N–H and O–H groups in total. The predicted molar refractivity (Wildman–Crippen MR) is 74.5 cm³/mol. The molecule has 0 amide bonds. The molecule has 0 aliphatic heterocycles. The average molecular weight is 280 g/mol. The molecule has 0 bridgehead atoms. The zero-order valence-electron chi connectivity index (χ0n) is 10.7. The van der Waals surface area contributed by atoms with Gasteiger partial charge in [-0.1, -0.05) is 17.7 Å². The Morgan fingerprint density at radius 3 is 2.79 bits per heavy atom. The summed E-state index contributed by atoms with van der Waals surface area (Å²) in [6.45, 7) is 0. The number of anilines is 1. The van der Waals surface area contributed by atoms with E-state index in [-0.39, 0.29) is 5.82 Å². The Kier molecular flexibility index (Phi) is 2.97. The minimum atomic E-state index is -0.357. The maximum Gasteiger partial charge on any atom is 0.132 e. The van der Waals surface area contributed by atoms with Crippen LogP contribution in [0.4, 0.5) is 10.2 Å². The minimum Gasteiger partial charge on any atom is -0.383 e. The van der Waals surface area contributed by atoms with Crippen LogP contribution in [0.15, 0.2) is 18.2 Å². The van der Waals surface area contributed by atoms with Crippen LogP contribution in [0.3, 0.4) is 0 Å². The third-order valence-electron chi connectivity index (χ3n) is 3.56.